The first kappa shape index (κ1) is 8.97. The SMILES string of the molecule is C[C@@H]1CN(CCN)[C@@H](C)CO1. The first-order valence-electron chi connectivity index (χ1n) is 4.29. The molecule has 0 aromatic heterocycles. The maximum Gasteiger partial charge on any atom is 0.0674 e. The van der Waals surface area contributed by atoms with Crippen LogP contribution in [-0.2, 0) is 4.74 Å². The van der Waals surface area contributed by atoms with E-state index >= 15 is 0 Å². The van der Waals surface area contributed by atoms with Crippen molar-refractivity contribution in [2.75, 3.05) is 26.2 Å². The van der Waals surface area contributed by atoms with Crippen molar-refractivity contribution in [2.24, 2.45) is 5.73 Å². The highest BCUT2D eigenvalue weighted by Gasteiger charge is 2.21. The Morgan fingerprint density at radius 3 is 2.91 bits per heavy atom. The van der Waals surface area contributed by atoms with E-state index in [1.807, 2.05) is 0 Å². The fourth-order valence-corrected chi connectivity index (χ4v) is 1.45. The molecule has 1 saturated heterocycles. The zero-order chi connectivity index (χ0) is 8.27. The fourth-order valence-electron chi connectivity index (χ4n) is 1.45. The molecule has 1 fully saturated rings. The predicted octanol–water partition coefficient (Wildman–Crippen LogP) is 0.0543. The van der Waals surface area contributed by atoms with E-state index in [4.69, 9.17) is 10.5 Å². The van der Waals surface area contributed by atoms with Gasteiger partial charge in [-0.15, -0.1) is 0 Å². The van der Waals surface area contributed by atoms with Crippen LogP contribution in [0.2, 0.25) is 0 Å². The summed E-state index contributed by atoms with van der Waals surface area (Å²) in [5.74, 6) is 0. The zero-order valence-corrected chi connectivity index (χ0v) is 7.42. The average Bonchev–Trinajstić information content (AvgIpc) is 1.98. The quantitative estimate of drug-likeness (QED) is 0.617. The van der Waals surface area contributed by atoms with Gasteiger partial charge in [-0.2, -0.15) is 0 Å². The lowest BCUT2D eigenvalue weighted by molar-refractivity contribution is -0.0479. The molecule has 0 aromatic carbocycles. The lowest BCUT2D eigenvalue weighted by atomic mass is 10.2. The fraction of sp³-hybridized carbons (Fsp3) is 1.00. The topological polar surface area (TPSA) is 38.5 Å². The van der Waals surface area contributed by atoms with Crippen LogP contribution >= 0.6 is 0 Å². The molecule has 1 heterocycles. The van der Waals surface area contributed by atoms with Crippen molar-refractivity contribution in [2.45, 2.75) is 26.0 Å². The summed E-state index contributed by atoms with van der Waals surface area (Å²) in [5.41, 5.74) is 5.48. The Hall–Kier alpha value is -0.120. The molecule has 0 spiro atoms. The van der Waals surface area contributed by atoms with Crippen molar-refractivity contribution >= 4 is 0 Å². The van der Waals surface area contributed by atoms with Crippen LogP contribution in [0, 0.1) is 0 Å². The molecule has 0 bridgehead atoms. The van der Waals surface area contributed by atoms with Gasteiger partial charge in [-0.05, 0) is 13.8 Å². The smallest absolute Gasteiger partial charge is 0.0674 e. The number of rotatable bonds is 2. The van der Waals surface area contributed by atoms with E-state index in [2.05, 4.69) is 18.7 Å². The second-order valence-electron chi connectivity index (χ2n) is 3.28. The van der Waals surface area contributed by atoms with Crippen molar-refractivity contribution in [3.8, 4) is 0 Å². The molecule has 66 valence electrons. The van der Waals surface area contributed by atoms with Gasteiger partial charge in [-0.1, -0.05) is 0 Å². The van der Waals surface area contributed by atoms with E-state index in [-0.39, 0.29) is 0 Å². The van der Waals surface area contributed by atoms with Gasteiger partial charge in [0.1, 0.15) is 0 Å². The minimum atomic E-state index is 0.373. The number of morpholine rings is 1. The van der Waals surface area contributed by atoms with E-state index in [1.165, 1.54) is 0 Å². The molecule has 1 rings (SSSR count). The first-order chi connectivity index (χ1) is 5.24. The highest BCUT2D eigenvalue weighted by Crippen LogP contribution is 2.09. The van der Waals surface area contributed by atoms with Gasteiger partial charge in [0, 0.05) is 25.7 Å². The Labute approximate surface area is 68.5 Å². The van der Waals surface area contributed by atoms with Gasteiger partial charge in [-0.3, -0.25) is 4.90 Å². The zero-order valence-electron chi connectivity index (χ0n) is 7.42. The summed E-state index contributed by atoms with van der Waals surface area (Å²) in [6.07, 6.45) is 0.373. The van der Waals surface area contributed by atoms with Crippen LogP contribution in [0.5, 0.6) is 0 Å². The summed E-state index contributed by atoms with van der Waals surface area (Å²) in [6, 6.07) is 0.537. The minimum Gasteiger partial charge on any atom is -0.376 e. The first-order valence-corrected chi connectivity index (χ1v) is 4.29. The Morgan fingerprint density at radius 2 is 2.27 bits per heavy atom. The monoisotopic (exact) mass is 158 g/mol. The Morgan fingerprint density at radius 1 is 1.55 bits per heavy atom. The summed E-state index contributed by atoms with van der Waals surface area (Å²) >= 11 is 0. The largest absolute Gasteiger partial charge is 0.376 e. The second kappa shape index (κ2) is 4.04. The summed E-state index contributed by atoms with van der Waals surface area (Å²) in [4.78, 5) is 2.38. The lowest BCUT2D eigenvalue weighted by Crippen LogP contribution is -2.48. The lowest BCUT2D eigenvalue weighted by Gasteiger charge is -2.36. The highest BCUT2D eigenvalue weighted by atomic mass is 16.5. The molecule has 1 aliphatic heterocycles. The molecule has 1 aliphatic rings. The molecule has 0 aliphatic carbocycles. The Bertz CT molecular complexity index is 119. The van der Waals surface area contributed by atoms with E-state index < -0.39 is 0 Å². The van der Waals surface area contributed by atoms with Gasteiger partial charge in [-0.25, -0.2) is 0 Å². The Balaban J connectivity index is 2.34. The molecular weight excluding hydrogens is 140 g/mol. The molecule has 11 heavy (non-hydrogen) atoms. The van der Waals surface area contributed by atoms with Gasteiger partial charge in [0.05, 0.1) is 12.7 Å². The van der Waals surface area contributed by atoms with E-state index in [9.17, 15) is 0 Å². The molecule has 0 unspecified atom stereocenters. The van der Waals surface area contributed by atoms with Gasteiger partial charge in [0.2, 0.25) is 0 Å². The molecule has 0 amide bonds. The van der Waals surface area contributed by atoms with Crippen molar-refractivity contribution < 1.29 is 4.74 Å². The van der Waals surface area contributed by atoms with E-state index in [0.29, 0.717) is 12.1 Å². The number of nitrogens with two attached hydrogens (primary N) is 1. The number of ether oxygens (including phenoxy) is 1. The standard InChI is InChI=1S/C8H18N2O/c1-7-6-11-8(2)5-10(7)4-3-9/h7-8H,3-6,9H2,1-2H3/t7-,8+/m0/s1. The summed E-state index contributed by atoms with van der Waals surface area (Å²) in [6.45, 7) is 7.91. The summed E-state index contributed by atoms with van der Waals surface area (Å²) < 4.78 is 5.48. The van der Waals surface area contributed by atoms with Crippen molar-refractivity contribution in [1.82, 2.24) is 4.90 Å². The maximum absolute atomic E-state index is 5.48. The van der Waals surface area contributed by atoms with Crippen LogP contribution in [0.4, 0.5) is 0 Å². The molecule has 2 atom stereocenters. The molecule has 2 N–H and O–H groups in total. The van der Waals surface area contributed by atoms with Crippen LogP contribution in [0.3, 0.4) is 0 Å². The average molecular weight is 158 g/mol. The molecule has 3 heteroatoms. The molecule has 0 radical (unpaired) electrons. The summed E-state index contributed by atoms with van der Waals surface area (Å²) in [7, 11) is 0. The van der Waals surface area contributed by atoms with E-state index in [1.54, 1.807) is 0 Å². The van der Waals surface area contributed by atoms with Gasteiger partial charge in [0.25, 0.3) is 0 Å². The van der Waals surface area contributed by atoms with Crippen molar-refractivity contribution in [1.29, 1.82) is 0 Å². The van der Waals surface area contributed by atoms with Crippen LogP contribution in [-0.4, -0.2) is 43.3 Å². The van der Waals surface area contributed by atoms with E-state index in [0.717, 1.165) is 26.2 Å². The summed E-state index contributed by atoms with van der Waals surface area (Å²) in [5, 5.41) is 0. The van der Waals surface area contributed by atoms with Crippen LogP contribution in [0.25, 0.3) is 0 Å². The van der Waals surface area contributed by atoms with Crippen LogP contribution in [0.15, 0.2) is 0 Å². The molecule has 0 saturated carbocycles. The normalized spacial score (nSPS) is 34.1. The van der Waals surface area contributed by atoms with Crippen molar-refractivity contribution in [3.63, 3.8) is 0 Å². The molecule has 3 nitrogen and oxygen atoms in total. The number of nitrogens with zero attached hydrogens (tertiary/aromatic N) is 1. The third kappa shape index (κ3) is 2.43. The minimum absolute atomic E-state index is 0.373. The van der Waals surface area contributed by atoms with Crippen molar-refractivity contribution in [3.05, 3.63) is 0 Å². The van der Waals surface area contributed by atoms with Crippen LogP contribution < -0.4 is 5.73 Å². The molecule has 0 aromatic rings. The number of hydrogen-bond donors (Lipinski definition) is 1. The second-order valence-corrected chi connectivity index (χ2v) is 3.28. The van der Waals surface area contributed by atoms with Gasteiger partial charge < -0.3 is 10.5 Å². The van der Waals surface area contributed by atoms with Gasteiger partial charge in [0.15, 0.2) is 0 Å². The van der Waals surface area contributed by atoms with Gasteiger partial charge >= 0.3 is 0 Å². The predicted molar refractivity (Wildman–Crippen MR) is 45.5 cm³/mol. The third-order valence-corrected chi connectivity index (χ3v) is 2.15. The highest BCUT2D eigenvalue weighted by molar-refractivity contribution is 4.74. The maximum atomic E-state index is 5.48. The third-order valence-electron chi connectivity index (χ3n) is 2.15. The molecular formula is C8H18N2O. The number of hydrogen-bond acceptors (Lipinski definition) is 3. The van der Waals surface area contributed by atoms with Crippen LogP contribution in [0.1, 0.15) is 13.8 Å². The Kier molecular flexibility index (Phi) is 3.30.